The van der Waals surface area contributed by atoms with Gasteiger partial charge in [0.1, 0.15) is 5.75 Å². The van der Waals surface area contributed by atoms with Gasteiger partial charge in [0, 0.05) is 17.0 Å². The first-order valence-corrected chi connectivity index (χ1v) is 8.48. The van der Waals surface area contributed by atoms with Crippen LogP contribution in [-0.2, 0) is 11.2 Å². The zero-order valence-electron chi connectivity index (χ0n) is 13.7. The van der Waals surface area contributed by atoms with Gasteiger partial charge in [-0.05, 0) is 25.0 Å². The van der Waals surface area contributed by atoms with Gasteiger partial charge in [-0.15, -0.1) is 0 Å². The van der Waals surface area contributed by atoms with Gasteiger partial charge in [0.15, 0.2) is 6.10 Å². The number of rotatable bonds is 7. The van der Waals surface area contributed by atoms with Gasteiger partial charge in [-0.2, -0.15) is 11.8 Å². The molecule has 1 rings (SSSR count). The number of amides is 1. The predicted molar refractivity (Wildman–Crippen MR) is 91.1 cm³/mol. The van der Waals surface area contributed by atoms with Crippen LogP contribution in [0.4, 0.5) is 0 Å². The van der Waals surface area contributed by atoms with E-state index in [0.29, 0.717) is 6.54 Å². The molecule has 0 aromatic heterocycles. The molecule has 1 aromatic rings. The fourth-order valence-corrected chi connectivity index (χ4v) is 2.65. The third-order valence-corrected chi connectivity index (χ3v) is 4.24. The van der Waals surface area contributed by atoms with Gasteiger partial charge in [-0.3, -0.25) is 4.79 Å². The number of thioether (sulfide) groups is 1. The molecule has 1 unspecified atom stereocenters. The first-order valence-electron chi connectivity index (χ1n) is 7.49. The highest BCUT2D eigenvalue weighted by atomic mass is 32.2. The van der Waals surface area contributed by atoms with E-state index < -0.39 is 6.10 Å². The maximum Gasteiger partial charge on any atom is 0.260 e. The maximum absolute atomic E-state index is 12.0. The summed E-state index contributed by atoms with van der Waals surface area (Å²) in [5.74, 6) is 1.65. The molecule has 1 atom stereocenters. The van der Waals surface area contributed by atoms with Crippen LogP contribution < -0.4 is 10.1 Å². The molecule has 0 fully saturated rings. The van der Waals surface area contributed by atoms with Crippen LogP contribution in [0.5, 0.6) is 5.75 Å². The van der Waals surface area contributed by atoms with E-state index in [-0.39, 0.29) is 10.7 Å². The van der Waals surface area contributed by atoms with Crippen LogP contribution in [0.2, 0.25) is 0 Å². The molecule has 0 heterocycles. The Balaban J connectivity index is 2.41. The van der Waals surface area contributed by atoms with Crippen molar-refractivity contribution in [2.24, 2.45) is 0 Å². The van der Waals surface area contributed by atoms with Crippen molar-refractivity contribution in [2.75, 3.05) is 12.3 Å². The molecule has 0 spiro atoms. The van der Waals surface area contributed by atoms with Gasteiger partial charge in [-0.1, -0.05) is 45.9 Å². The zero-order chi connectivity index (χ0) is 15.9. The van der Waals surface area contributed by atoms with Crippen molar-refractivity contribution in [1.29, 1.82) is 0 Å². The van der Waals surface area contributed by atoms with Crippen LogP contribution in [0.3, 0.4) is 0 Å². The fourth-order valence-electron chi connectivity index (χ4n) is 1.83. The van der Waals surface area contributed by atoms with Gasteiger partial charge in [0.05, 0.1) is 0 Å². The van der Waals surface area contributed by atoms with Gasteiger partial charge in [0.2, 0.25) is 0 Å². The number of para-hydroxylation sites is 1. The van der Waals surface area contributed by atoms with Gasteiger partial charge in [0.25, 0.3) is 5.91 Å². The van der Waals surface area contributed by atoms with Gasteiger partial charge in [-0.25, -0.2) is 0 Å². The minimum absolute atomic E-state index is 0.0598. The molecular weight excluding hydrogens is 282 g/mol. The Morgan fingerprint density at radius 1 is 1.33 bits per heavy atom. The lowest BCUT2D eigenvalue weighted by Gasteiger charge is -2.19. The van der Waals surface area contributed by atoms with Crippen LogP contribution in [0.1, 0.15) is 40.2 Å². The minimum Gasteiger partial charge on any atom is -0.481 e. The number of hydrogen-bond acceptors (Lipinski definition) is 3. The highest BCUT2D eigenvalue weighted by molar-refractivity contribution is 8.00. The molecule has 0 aliphatic rings. The van der Waals surface area contributed by atoms with Crippen molar-refractivity contribution < 1.29 is 9.53 Å². The van der Waals surface area contributed by atoms with E-state index in [0.717, 1.165) is 23.5 Å². The summed E-state index contributed by atoms with van der Waals surface area (Å²) < 4.78 is 6.01. The van der Waals surface area contributed by atoms with Crippen molar-refractivity contribution in [3.8, 4) is 5.75 Å². The van der Waals surface area contributed by atoms with E-state index in [1.165, 1.54) is 0 Å². The van der Waals surface area contributed by atoms with Crippen LogP contribution in [0.25, 0.3) is 0 Å². The van der Waals surface area contributed by atoms with E-state index in [1.54, 1.807) is 6.92 Å². The zero-order valence-corrected chi connectivity index (χ0v) is 14.5. The molecule has 4 heteroatoms. The average Bonchev–Trinajstić information content (AvgIpc) is 2.42. The monoisotopic (exact) mass is 309 g/mol. The van der Waals surface area contributed by atoms with E-state index in [2.05, 4.69) is 33.0 Å². The molecule has 0 aliphatic heterocycles. The Bertz CT molecular complexity index is 454. The Labute approximate surface area is 132 Å². The lowest BCUT2D eigenvalue weighted by atomic mass is 10.1. The molecule has 1 amide bonds. The van der Waals surface area contributed by atoms with E-state index in [9.17, 15) is 4.79 Å². The van der Waals surface area contributed by atoms with Crippen molar-refractivity contribution >= 4 is 17.7 Å². The van der Waals surface area contributed by atoms with Crippen LogP contribution in [-0.4, -0.2) is 29.1 Å². The third-order valence-electron chi connectivity index (χ3n) is 2.96. The Hall–Kier alpha value is -1.16. The third kappa shape index (κ3) is 6.89. The molecule has 3 nitrogen and oxygen atoms in total. The lowest BCUT2D eigenvalue weighted by molar-refractivity contribution is -0.127. The largest absolute Gasteiger partial charge is 0.481 e. The molecule has 0 saturated carbocycles. The first-order chi connectivity index (χ1) is 9.83. The Kier molecular flexibility index (Phi) is 7.09. The minimum atomic E-state index is -0.475. The maximum atomic E-state index is 12.0. The number of nitrogens with one attached hydrogen (secondary N) is 1. The number of aryl methyl sites for hydroxylation is 1. The first kappa shape index (κ1) is 17.9. The summed E-state index contributed by atoms with van der Waals surface area (Å²) in [6, 6.07) is 7.86. The molecule has 21 heavy (non-hydrogen) atoms. The van der Waals surface area contributed by atoms with Crippen molar-refractivity contribution in [1.82, 2.24) is 5.32 Å². The quantitative estimate of drug-likeness (QED) is 0.781. The standard InChI is InChI=1S/C17H27NO2S/c1-6-14-9-7-8-10-15(14)20-13(2)16(19)18-11-12-21-17(3,4)5/h7-10,13H,6,11-12H2,1-5H3,(H,18,19). The molecule has 0 aliphatic carbocycles. The highest BCUT2D eigenvalue weighted by Gasteiger charge is 2.16. The summed E-state index contributed by atoms with van der Waals surface area (Å²) in [4.78, 5) is 12.0. The van der Waals surface area contributed by atoms with E-state index in [4.69, 9.17) is 4.74 Å². The van der Waals surface area contributed by atoms with Crippen LogP contribution in [0, 0.1) is 0 Å². The van der Waals surface area contributed by atoms with E-state index in [1.807, 2.05) is 36.0 Å². The highest BCUT2D eigenvalue weighted by Crippen LogP contribution is 2.22. The fraction of sp³-hybridized carbons (Fsp3) is 0.588. The summed E-state index contributed by atoms with van der Waals surface area (Å²) in [6.45, 7) is 11.1. The molecule has 1 N–H and O–H groups in total. The van der Waals surface area contributed by atoms with Gasteiger partial charge < -0.3 is 10.1 Å². The SMILES string of the molecule is CCc1ccccc1OC(C)C(=O)NCCSC(C)(C)C. The Morgan fingerprint density at radius 2 is 2.00 bits per heavy atom. The molecule has 0 radical (unpaired) electrons. The molecule has 0 bridgehead atoms. The lowest BCUT2D eigenvalue weighted by Crippen LogP contribution is -2.37. The Morgan fingerprint density at radius 3 is 2.62 bits per heavy atom. The summed E-state index contributed by atoms with van der Waals surface area (Å²) in [5, 5.41) is 2.93. The summed E-state index contributed by atoms with van der Waals surface area (Å²) >= 11 is 1.84. The van der Waals surface area contributed by atoms with Crippen LogP contribution in [0.15, 0.2) is 24.3 Å². The normalized spacial score (nSPS) is 12.8. The van der Waals surface area contributed by atoms with Crippen LogP contribution >= 0.6 is 11.8 Å². The molecular formula is C17H27NO2S. The summed E-state index contributed by atoms with van der Waals surface area (Å²) in [6.07, 6.45) is 0.421. The second-order valence-corrected chi connectivity index (χ2v) is 7.89. The number of benzene rings is 1. The average molecular weight is 309 g/mol. The van der Waals surface area contributed by atoms with Crippen molar-refractivity contribution in [3.63, 3.8) is 0 Å². The number of carbonyl (C=O) groups excluding carboxylic acids is 1. The van der Waals surface area contributed by atoms with Crippen molar-refractivity contribution in [2.45, 2.75) is 51.9 Å². The number of carbonyl (C=O) groups is 1. The van der Waals surface area contributed by atoms with E-state index >= 15 is 0 Å². The summed E-state index contributed by atoms with van der Waals surface area (Å²) in [5.41, 5.74) is 1.13. The number of hydrogen-bond donors (Lipinski definition) is 1. The topological polar surface area (TPSA) is 38.3 Å². The summed E-state index contributed by atoms with van der Waals surface area (Å²) in [7, 11) is 0. The number of ether oxygens (including phenoxy) is 1. The second kappa shape index (κ2) is 8.32. The second-order valence-electron chi connectivity index (χ2n) is 5.97. The molecule has 0 saturated heterocycles. The molecule has 118 valence electrons. The van der Waals surface area contributed by atoms with Crippen molar-refractivity contribution in [3.05, 3.63) is 29.8 Å². The molecule has 1 aromatic carbocycles. The van der Waals surface area contributed by atoms with Gasteiger partial charge >= 0.3 is 0 Å². The predicted octanol–water partition coefficient (Wildman–Crippen LogP) is 3.66. The smallest absolute Gasteiger partial charge is 0.260 e.